The normalized spacial score (nSPS) is 20.2. The van der Waals surface area contributed by atoms with Crippen LogP contribution in [0.4, 0.5) is 0 Å². The molecule has 1 fully saturated rings. The Bertz CT molecular complexity index is 372. The molecule has 0 bridgehead atoms. The predicted molar refractivity (Wildman–Crippen MR) is 67.3 cm³/mol. The summed E-state index contributed by atoms with van der Waals surface area (Å²) in [7, 11) is 1.42. The van der Waals surface area contributed by atoms with Gasteiger partial charge in [0.05, 0.1) is 24.2 Å². The van der Waals surface area contributed by atoms with Crippen LogP contribution in [-0.2, 0) is 16.0 Å². The van der Waals surface area contributed by atoms with E-state index in [0.717, 1.165) is 18.8 Å². The number of nitrogens with one attached hydrogen (secondary N) is 1. The molecule has 17 heavy (non-hydrogen) atoms. The van der Waals surface area contributed by atoms with Gasteiger partial charge in [0, 0.05) is 24.3 Å². The standard InChI is InChI=1S/C12H18N2O2S/c1-16-11(15)5-4-10-8-17-12(14-10)9-3-2-6-13-7-9/h8-9,13H,2-7H2,1H3. The highest BCUT2D eigenvalue weighted by Crippen LogP contribution is 2.26. The molecule has 1 aliphatic heterocycles. The van der Waals surface area contributed by atoms with Crippen LogP contribution in [0.1, 0.15) is 35.9 Å². The van der Waals surface area contributed by atoms with Gasteiger partial charge < -0.3 is 10.1 Å². The van der Waals surface area contributed by atoms with Crippen LogP contribution in [-0.4, -0.2) is 31.2 Å². The summed E-state index contributed by atoms with van der Waals surface area (Å²) in [5, 5.41) is 6.66. The Morgan fingerprint density at radius 3 is 3.29 bits per heavy atom. The van der Waals surface area contributed by atoms with E-state index in [1.54, 1.807) is 11.3 Å². The smallest absolute Gasteiger partial charge is 0.305 e. The van der Waals surface area contributed by atoms with Gasteiger partial charge >= 0.3 is 5.97 Å². The van der Waals surface area contributed by atoms with Crippen LogP contribution in [0.2, 0.25) is 0 Å². The molecule has 0 amide bonds. The van der Waals surface area contributed by atoms with Crippen LogP contribution < -0.4 is 5.32 Å². The maximum atomic E-state index is 11.0. The lowest BCUT2D eigenvalue weighted by atomic mass is 10.0. The third-order valence-electron chi connectivity index (χ3n) is 3.03. The van der Waals surface area contributed by atoms with Crippen molar-refractivity contribution in [2.75, 3.05) is 20.2 Å². The third-order valence-corrected chi connectivity index (χ3v) is 4.08. The Morgan fingerprint density at radius 2 is 2.59 bits per heavy atom. The molecule has 1 aromatic heterocycles. The number of nitrogens with zero attached hydrogens (tertiary/aromatic N) is 1. The van der Waals surface area contributed by atoms with E-state index in [4.69, 9.17) is 0 Å². The molecule has 0 aliphatic carbocycles. The first kappa shape index (κ1) is 12.5. The van der Waals surface area contributed by atoms with E-state index < -0.39 is 0 Å². The molecule has 0 aromatic carbocycles. The van der Waals surface area contributed by atoms with Crippen molar-refractivity contribution in [3.63, 3.8) is 0 Å². The van der Waals surface area contributed by atoms with E-state index in [1.807, 2.05) is 0 Å². The highest BCUT2D eigenvalue weighted by atomic mass is 32.1. The predicted octanol–water partition coefficient (Wildman–Crippen LogP) is 1.72. The SMILES string of the molecule is COC(=O)CCc1csc(C2CCCNC2)n1. The van der Waals surface area contributed by atoms with Gasteiger partial charge in [-0.05, 0) is 19.4 Å². The lowest BCUT2D eigenvalue weighted by molar-refractivity contribution is -0.140. The highest BCUT2D eigenvalue weighted by Gasteiger charge is 2.18. The van der Waals surface area contributed by atoms with Crippen molar-refractivity contribution in [1.82, 2.24) is 10.3 Å². The maximum absolute atomic E-state index is 11.0. The number of ether oxygens (including phenoxy) is 1. The summed E-state index contributed by atoms with van der Waals surface area (Å²) in [6.45, 7) is 2.15. The van der Waals surface area contributed by atoms with E-state index in [-0.39, 0.29) is 5.97 Å². The van der Waals surface area contributed by atoms with Crippen molar-refractivity contribution in [2.45, 2.75) is 31.6 Å². The monoisotopic (exact) mass is 254 g/mol. The number of carbonyl (C=O) groups excluding carboxylic acids is 1. The van der Waals surface area contributed by atoms with E-state index in [2.05, 4.69) is 20.4 Å². The molecular formula is C12H18N2O2S. The second-order valence-corrected chi connectivity index (χ2v) is 5.19. The fraction of sp³-hybridized carbons (Fsp3) is 0.667. The van der Waals surface area contributed by atoms with Gasteiger partial charge in [-0.25, -0.2) is 4.98 Å². The number of thiazole rings is 1. The zero-order chi connectivity index (χ0) is 12.1. The van der Waals surface area contributed by atoms with Crippen molar-refractivity contribution in [2.24, 2.45) is 0 Å². The molecule has 0 saturated carbocycles. The Kier molecular flexibility index (Phi) is 4.50. The molecular weight excluding hydrogens is 236 g/mol. The fourth-order valence-electron chi connectivity index (χ4n) is 2.02. The minimum atomic E-state index is -0.168. The van der Waals surface area contributed by atoms with Crippen molar-refractivity contribution in [3.8, 4) is 0 Å². The summed E-state index contributed by atoms with van der Waals surface area (Å²) < 4.78 is 4.62. The van der Waals surface area contributed by atoms with E-state index >= 15 is 0 Å². The molecule has 1 N–H and O–H groups in total. The first-order valence-corrected chi connectivity index (χ1v) is 6.89. The summed E-state index contributed by atoms with van der Waals surface area (Å²) in [4.78, 5) is 15.6. The van der Waals surface area contributed by atoms with Gasteiger partial charge in [-0.3, -0.25) is 4.79 Å². The Morgan fingerprint density at radius 1 is 1.71 bits per heavy atom. The minimum Gasteiger partial charge on any atom is -0.469 e. The van der Waals surface area contributed by atoms with Crippen LogP contribution in [0.25, 0.3) is 0 Å². The number of carbonyl (C=O) groups is 1. The third kappa shape index (κ3) is 3.51. The van der Waals surface area contributed by atoms with Gasteiger partial charge in [0.25, 0.3) is 0 Å². The second kappa shape index (κ2) is 6.12. The number of aromatic nitrogens is 1. The second-order valence-electron chi connectivity index (χ2n) is 4.30. The van der Waals surface area contributed by atoms with Crippen molar-refractivity contribution >= 4 is 17.3 Å². The summed E-state index contributed by atoms with van der Waals surface area (Å²) in [5.41, 5.74) is 1.01. The molecule has 1 aliphatic rings. The number of piperidine rings is 1. The van der Waals surface area contributed by atoms with Gasteiger partial charge in [0.15, 0.2) is 0 Å². The summed E-state index contributed by atoms with van der Waals surface area (Å²) >= 11 is 1.71. The maximum Gasteiger partial charge on any atom is 0.305 e. The molecule has 1 unspecified atom stereocenters. The molecule has 2 rings (SSSR count). The van der Waals surface area contributed by atoms with Crippen LogP contribution in [0, 0.1) is 0 Å². The number of esters is 1. The summed E-state index contributed by atoms with van der Waals surface area (Å²) in [6, 6.07) is 0. The largest absolute Gasteiger partial charge is 0.469 e. The lowest BCUT2D eigenvalue weighted by Gasteiger charge is -2.20. The average Bonchev–Trinajstić information content (AvgIpc) is 2.86. The van der Waals surface area contributed by atoms with Crippen LogP contribution in [0.5, 0.6) is 0 Å². The highest BCUT2D eigenvalue weighted by molar-refractivity contribution is 7.09. The molecule has 2 heterocycles. The summed E-state index contributed by atoms with van der Waals surface area (Å²) in [5.74, 6) is 0.388. The van der Waals surface area contributed by atoms with Crippen molar-refractivity contribution in [1.29, 1.82) is 0 Å². The molecule has 1 atom stereocenters. The Hall–Kier alpha value is -0.940. The number of methoxy groups -OCH3 is 1. The Balaban J connectivity index is 1.88. The van der Waals surface area contributed by atoms with E-state index in [1.165, 1.54) is 25.0 Å². The van der Waals surface area contributed by atoms with Crippen molar-refractivity contribution in [3.05, 3.63) is 16.1 Å². The Labute approximate surface area is 105 Å². The molecule has 5 heteroatoms. The number of hydrogen-bond donors (Lipinski definition) is 1. The van der Waals surface area contributed by atoms with Crippen LogP contribution in [0.3, 0.4) is 0 Å². The van der Waals surface area contributed by atoms with Gasteiger partial charge in [-0.1, -0.05) is 0 Å². The zero-order valence-electron chi connectivity index (χ0n) is 10.1. The first-order chi connectivity index (χ1) is 8.29. The zero-order valence-corrected chi connectivity index (χ0v) is 10.9. The lowest BCUT2D eigenvalue weighted by Crippen LogP contribution is -2.28. The number of rotatable bonds is 4. The van der Waals surface area contributed by atoms with Gasteiger partial charge in [0.2, 0.25) is 0 Å². The number of aryl methyl sites for hydroxylation is 1. The average molecular weight is 254 g/mol. The molecule has 4 nitrogen and oxygen atoms in total. The van der Waals surface area contributed by atoms with Gasteiger partial charge in [0.1, 0.15) is 0 Å². The van der Waals surface area contributed by atoms with Gasteiger partial charge in [-0.2, -0.15) is 0 Å². The molecule has 0 radical (unpaired) electrons. The topological polar surface area (TPSA) is 51.2 Å². The van der Waals surface area contributed by atoms with E-state index in [0.29, 0.717) is 18.8 Å². The van der Waals surface area contributed by atoms with Crippen LogP contribution in [0.15, 0.2) is 5.38 Å². The van der Waals surface area contributed by atoms with Crippen molar-refractivity contribution < 1.29 is 9.53 Å². The minimum absolute atomic E-state index is 0.168. The quantitative estimate of drug-likeness (QED) is 0.831. The molecule has 94 valence electrons. The molecule has 0 spiro atoms. The van der Waals surface area contributed by atoms with Crippen LogP contribution >= 0.6 is 11.3 Å². The summed E-state index contributed by atoms with van der Waals surface area (Å²) in [6.07, 6.45) is 3.55. The van der Waals surface area contributed by atoms with Gasteiger partial charge in [-0.15, -0.1) is 11.3 Å². The van der Waals surface area contributed by atoms with E-state index in [9.17, 15) is 4.79 Å². The molecule has 1 saturated heterocycles. The number of hydrogen-bond acceptors (Lipinski definition) is 5. The fourth-order valence-corrected chi connectivity index (χ4v) is 3.01. The first-order valence-electron chi connectivity index (χ1n) is 6.01. The molecule has 1 aromatic rings.